The lowest BCUT2D eigenvalue weighted by molar-refractivity contribution is 0.0779. The number of H-pyrrole nitrogens is 1. The van der Waals surface area contributed by atoms with Gasteiger partial charge in [0.2, 0.25) is 5.65 Å². The zero-order chi connectivity index (χ0) is 15.8. The molecule has 1 aliphatic rings. The minimum atomic E-state index is -0.248. The summed E-state index contributed by atoms with van der Waals surface area (Å²) in [6, 6.07) is 1.53. The number of aromatic nitrogens is 6. The van der Waals surface area contributed by atoms with Crippen LogP contribution in [0.15, 0.2) is 24.7 Å². The lowest BCUT2D eigenvalue weighted by Gasteiger charge is -2.19. The summed E-state index contributed by atoms with van der Waals surface area (Å²) in [5, 5.41) is 13.3. The van der Waals surface area contributed by atoms with Crippen LogP contribution in [-0.4, -0.2) is 48.5 Å². The van der Waals surface area contributed by atoms with Crippen LogP contribution < -0.4 is 5.32 Å². The molecule has 0 bridgehead atoms. The topological polar surface area (TPSA) is 111 Å². The Morgan fingerprint density at radius 2 is 2.35 bits per heavy atom. The molecule has 0 radical (unpaired) electrons. The van der Waals surface area contributed by atoms with Gasteiger partial charge in [-0.05, 0) is 12.5 Å². The van der Waals surface area contributed by atoms with Gasteiger partial charge in [0.25, 0.3) is 5.91 Å². The van der Waals surface area contributed by atoms with Gasteiger partial charge < -0.3 is 14.6 Å². The summed E-state index contributed by atoms with van der Waals surface area (Å²) in [5.41, 5.74) is 1.48. The number of carbonyl (C=O) groups excluding carboxylic acids is 1. The molecule has 118 valence electrons. The molecular formula is C14H15N7O2. The van der Waals surface area contributed by atoms with Gasteiger partial charge in [-0.2, -0.15) is 10.3 Å². The molecule has 2 atom stereocenters. The number of amides is 1. The number of hydrogen-bond donors (Lipinski definition) is 2. The van der Waals surface area contributed by atoms with Gasteiger partial charge in [0, 0.05) is 32.2 Å². The number of fused-ring (bicyclic) bond motifs is 1. The molecule has 1 aliphatic heterocycles. The van der Waals surface area contributed by atoms with Crippen LogP contribution in [0.25, 0.3) is 11.2 Å². The highest BCUT2D eigenvalue weighted by molar-refractivity contribution is 5.96. The normalized spacial score (nSPS) is 20.9. The van der Waals surface area contributed by atoms with E-state index in [9.17, 15) is 4.79 Å². The first kappa shape index (κ1) is 13.8. The Balaban J connectivity index is 1.54. The van der Waals surface area contributed by atoms with E-state index in [0.717, 1.165) is 12.2 Å². The van der Waals surface area contributed by atoms with E-state index in [0.29, 0.717) is 23.3 Å². The summed E-state index contributed by atoms with van der Waals surface area (Å²) in [6.45, 7) is 0.586. The van der Waals surface area contributed by atoms with Crippen LogP contribution >= 0.6 is 0 Å². The number of aryl methyl sites for hydroxylation is 1. The number of imidazole rings is 1. The maximum absolute atomic E-state index is 12.5. The number of rotatable bonds is 3. The number of aromatic amines is 1. The van der Waals surface area contributed by atoms with Crippen LogP contribution in [0.4, 0.5) is 0 Å². The van der Waals surface area contributed by atoms with Crippen LogP contribution in [0.2, 0.25) is 0 Å². The van der Waals surface area contributed by atoms with Crippen molar-refractivity contribution in [2.75, 3.05) is 6.61 Å². The molecule has 0 aromatic carbocycles. The third-order valence-electron chi connectivity index (χ3n) is 3.96. The van der Waals surface area contributed by atoms with E-state index in [2.05, 4.69) is 30.7 Å². The zero-order valence-electron chi connectivity index (χ0n) is 12.4. The largest absolute Gasteiger partial charge is 0.368 e. The first-order valence-corrected chi connectivity index (χ1v) is 7.28. The summed E-state index contributed by atoms with van der Waals surface area (Å²) < 4.78 is 7.65. The molecular weight excluding hydrogens is 298 g/mol. The zero-order valence-corrected chi connectivity index (χ0v) is 12.4. The van der Waals surface area contributed by atoms with E-state index in [1.54, 1.807) is 12.3 Å². The standard InChI is InChI=1S/C14H15N7O2/c1-21-4-3-15-13(21)11-9(2-5-23-11)17-14(22)8-6-10-12(16-7-8)19-20-18-10/h3-4,6-7,9,11H,2,5H2,1H3,(H,17,22)(H,16,18,19,20)/t9-,11-/m0/s1. The van der Waals surface area contributed by atoms with Crippen molar-refractivity contribution < 1.29 is 9.53 Å². The van der Waals surface area contributed by atoms with Crippen molar-refractivity contribution in [2.45, 2.75) is 18.6 Å². The summed E-state index contributed by atoms with van der Waals surface area (Å²) >= 11 is 0. The number of carbonyl (C=O) groups is 1. The van der Waals surface area contributed by atoms with Crippen molar-refractivity contribution in [2.24, 2.45) is 7.05 Å². The van der Waals surface area contributed by atoms with Gasteiger partial charge in [-0.1, -0.05) is 0 Å². The van der Waals surface area contributed by atoms with Crippen LogP contribution in [0, 0.1) is 0 Å². The molecule has 0 saturated carbocycles. The quantitative estimate of drug-likeness (QED) is 0.721. The molecule has 2 N–H and O–H groups in total. The Bertz CT molecular complexity index is 856. The number of pyridine rings is 1. The van der Waals surface area contributed by atoms with Gasteiger partial charge in [0.1, 0.15) is 17.4 Å². The van der Waals surface area contributed by atoms with E-state index in [1.165, 1.54) is 6.20 Å². The average Bonchev–Trinajstić information content (AvgIpc) is 3.26. The van der Waals surface area contributed by atoms with E-state index in [4.69, 9.17) is 4.74 Å². The Morgan fingerprint density at radius 3 is 3.17 bits per heavy atom. The van der Waals surface area contributed by atoms with Gasteiger partial charge in [0.05, 0.1) is 11.6 Å². The summed E-state index contributed by atoms with van der Waals surface area (Å²) in [4.78, 5) is 20.9. The summed E-state index contributed by atoms with van der Waals surface area (Å²) in [6.07, 6.45) is 5.56. The van der Waals surface area contributed by atoms with Crippen LogP contribution in [0.5, 0.6) is 0 Å². The predicted octanol–water partition coefficient (Wildman–Crippen LogP) is 0.346. The van der Waals surface area contributed by atoms with Crippen molar-refractivity contribution in [1.29, 1.82) is 0 Å². The van der Waals surface area contributed by atoms with Crippen molar-refractivity contribution in [3.63, 3.8) is 0 Å². The fourth-order valence-corrected chi connectivity index (χ4v) is 2.76. The molecule has 0 unspecified atom stereocenters. The Hall–Kier alpha value is -2.81. The van der Waals surface area contributed by atoms with Crippen molar-refractivity contribution >= 4 is 17.1 Å². The number of nitrogens with zero attached hydrogens (tertiary/aromatic N) is 5. The summed E-state index contributed by atoms with van der Waals surface area (Å²) in [5.74, 6) is 0.593. The van der Waals surface area contributed by atoms with Gasteiger partial charge in [0.15, 0.2) is 0 Å². The molecule has 0 aliphatic carbocycles. The van der Waals surface area contributed by atoms with Crippen LogP contribution in [-0.2, 0) is 11.8 Å². The maximum atomic E-state index is 12.5. The number of hydrogen-bond acceptors (Lipinski definition) is 6. The molecule has 1 saturated heterocycles. The molecule has 0 spiro atoms. The highest BCUT2D eigenvalue weighted by Gasteiger charge is 2.33. The molecule has 9 nitrogen and oxygen atoms in total. The fourth-order valence-electron chi connectivity index (χ4n) is 2.76. The van der Waals surface area contributed by atoms with Crippen LogP contribution in [0.3, 0.4) is 0 Å². The second-order valence-electron chi connectivity index (χ2n) is 5.45. The third kappa shape index (κ3) is 2.44. The molecule has 9 heteroatoms. The second-order valence-corrected chi connectivity index (χ2v) is 5.45. The number of ether oxygens (including phenoxy) is 1. The van der Waals surface area contributed by atoms with E-state index in [-0.39, 0.29) is 18.1 Å². The van der Waals surface area contributed by atoms with Crippen LogP contribution in [0.1, 0.15) is 28.7 Å². The monoisotopic (exact) mass is 313 g/mol. The Morgan fingerprint density at radius 1 is 1.43 bits per heavy atom. The van der Waals surface area contributed by atoms with Crippen molar-refractivity contribution in [3.8, 4) is 0 Å². The molecule has 4 heterocycles. The minimum absolute atomic E-state index is 0.128. The first-order valence-electron chi connectivity index (χ1n) is 7.28. The molecule has 3 aromatic rings. The highest BCUT2D eigenvalue weighted by Crippen LogP contribution is 2.28. The van der Waals surface area contributed by atoms with Crippen molar-refractivity contribution in [1.82, 2.24) is 35.3 Å². The molecule has 1 amide bonds. The van der Waals surface area contributed by atoms with Gasteiger partial charge >= 0.3 is 0 Å². The fraction of sp³-hybridized carbons (Fsp3) is 0.357. The van der Waals surface area contributed by atoms with E-state index in [1.807, 2.05) is 17.8 Å². The molecule has 1 fully saturated rings. The van der Waals surface area contributed by atoms with Crippen molar-refractivity contribution in [3.05, 3.63) is 36.0 Å². The summed E-state index contributed by atoms with van der Waals surface area (Å²) in [7, 11) is 1.91. The van der Waals surface area contributed by atoms with Gasteiger partial charge in [-0.15, -0.1) is 5.10 Å². The smallest absolute Gasteiger partial charge is 0.253 e. The lowest BCUT2D eigenvalue weighted by atomic mass is 10.1. The highest BCUT2D eigenvalue weighted by atomic mass is 16.5. The predicted molar refractivity (Wildman–Crippen MR) is 79.5 cm³/mol. The SMILES string of the molecule is Cn1ccnc1[C@H]1OCC[C@@H]1NC(=O)c1cnc2n[nH]nc2c1. The Kier molecular flexibility index (Phi) is 3.27. The van der Waals surface area contributed by atoms with Gasteiger partial charge in [-0.25, -0.2) is 9.97 Å². The minimum Gasteiger partial charge on any atom is -0.368 e. The Labute approximate surface area is 131 Å². The average molecular weight is 313 g/mol. The van der Waals surface area contributed by atoms with E-state index < -0.39 is 0 Å². The first-order chi connectivity index (χ1) is 11.2. The molecule has 23 heavy (non-hydrogen) atoms. The maximum Gasteiger partial charge on any atom is 0.253 e. The van der Waals surface area contributed by atoms with E-state index >= 15 is 0 Å². The van der Waals surface area contributed by atoms with Gasteiger partial charge in [-0.3, -0.25) is 4.79 Å². The molecule has 4 rings (SSSR count). The number of nitrogens with one attached hydrogen (secondary N) is 2. The molecule has 3 aromatic heterocycles. The third-order valence-corrected chi connectivity index (χ3v) is 3.96. The second kappa shape index (κ2) is 5.43. The lowest BCUT2D eigenvalue weighted by Crippen LogP contribution is -2.37.